The van der Waals surface area contributed by atoms with Crippen LogP contribution in [0.1, 0.15) is 55.2 Å². The molecule has 0 aromatic heterocycles. The minimum absolute atomic E-state index is 0.0438. The summed E-state index contributed by atoms with van der Waals surface area (Å²) in [5.74, 6) is 1.78. The van der Waals surface area contributed by atoms with Crippen LogP contribution >= 0.6 is 0 Å². The number of fused-ring (bicyclic) bond motifs is 1. The van der Waals surface area contributed by atoms with Gasteiger partial charge in [-0.25, -0.2) is 0 Å². The zero-order valence-corrected chi connectivity index (χ0v) is 24.8. The Kier molecular flexibility index (Phi) is 11.3. The lowest BCUT2D eigenvalue weighted by Crippen LogP contribution is -2.50. The number of rotatable bonds is 16. The molecule has 1 aliphatic carbocycles. The molecular weight excluding hydrogens is 520 g/mol. The Morgan fingerprint density at radius 2 is 1.78 bits per heavy atom. The molecule has 41 heavy (non-hydrogen) atoms. The van der Waals surface area contributed by atoms with E-state index in [9.17, 15) is 5.11 Å². The smallest absolute Gasteiger partial charge is 0.142 e. The molecule has 0 unspecified atom stereocenters. The first-order valence-corrected chi connectivity index (χ1v) is 15.4. The highest BCUT2D eigenvalue weighted by Crippen LogP contribution is 2.35. The Hall–Kier alpha value is -2.20. The molecule has 1 saturated carbocycles. The Balaban J connectivity index is 1.26. The van der Waals surface area contributed by atoms with E-state index in [0.29, 0.717) is 32.8 Å². The first kappa shape index (κ1) is 30.3. The monoisotopic (exact) mass is 568 g/mol. The molecule has 0 spiro atoms. The standard InChI is InChI=1S/C33H48N2O6/c1-24(36)12-16-39-31-19-34-20-32(33(31)28-9-6-26(7-10-28)22-38-21-25-4-5-25)41-23-27-8-11-30-29(18-27)35(14-17-40-30)13-3-15-37-2/h6-11,18,24-25,31-34,36H,3-5,12-17,19-23H2,1-2H3/t24-,31-,32+,33+/m1/s1. The number of anilines is 1. The number of methoxy groups -OCH3 is 1. The first-order chi connectivity index (χ1) is 20.1. The predicted octanol–water partition coefficient (Wildman–Crippen LogP) is 4.28. The molecule has 8 nitrogen and oxygen atoms in total. The summed E-state index contributed by atoms with van der Waals surface area (Å²) in [7, 11) is 1.75. The number of nitrogens with zero attached hydrogens (tertiary/aromatic N) is 1. The lowest BCUT2D eigenvalue weighted by atomic mass is 9.85. The van der Waals surface area contributed by atoms with Crippen molar-refractivity contribution in [1.29, 1.82) is 0 Å². The van der Waals surface area contributed by atoms with Crippen molar-refractivity contribution in [3.8, 4) is 5.75 Å². The van der Waals surface area contributed by atoms with E-state index in [-0.39, 0.29) is 24.2 Å². The van der Waals surface area contributed by atoms with Gasteiger partial charge >= 0.3 is 0 Å². The molecule has 1 saturated heterocycles. The minimum Gasteiger partial charge on any atom is -0.490 e. The molecule has 2 aliphatic heterocycles. The number of hydrogen-bond acceptors (Lipinski definition) is 8. The number of piperidine rings is 1. The van der Waals surface area contributed by atoms with Gasteiger partial charge in [0.1, 0.15) is 12.4 Å². The van der Waals surface area contributed by atoms with Crippen LogP contribution in [-0.4, -0.2) is 83.1 Å². The summed E-state index contributed by atoms with van der Waals surface area (Å²) in [4.78, 5) is 2.38. The summed E-state index contributed by atoms with van der Waals surface area (Å²) < 4.78 is 30.1. The summed E-state index contributed by atoms with van der Waals surface area (Å²) in [5, 5.41) is 13.3. The van der Waals surface area contributed by atoms with Crippen molar-refractivity contribution in [2.45, 2.75) is 70.1 Å². The SMILES string of the molecule is COCCCN1CCOc2ccc(CO[C@H]3CNC[C@@H](OCC[C@@H](C)O)[C@@H]3c3ccc(COCC4CC4)cc3)cc21. The number of hydrogen-bond donors (Lipinski definition) is 2. The fourth-order valence-corrected chi connectivity index (χ4v) is 5.71. The lowest BCUT2D eigenvalue weighted by molar-refractivity contribution is -0.0639. The minimum atomic E-state index is -0.381. The van der Waals surface area contributed by atoms with Gasteiger partial charge in [-0.3, -0.25) is 0 Å². The average Bonchev–Trinajstić information content (AvgIpc) is 3.81. The largest absolute Gasteiger partial charge is 0.490 e. The van der Waals surface area contributed by atoms with Crippen LogP contribution in [0.4, 0.5) is 5.69 Å². The summed E-state index contributed by atoms with van der Waals surface area (Å²) in [6.07, 6.45) is 3.73. The maximum atomic E-state index is 9.78. The molecule has 2 heterocycles. The second-order valence-corrected chi connectivity index (χ2v) is 11.8. The Bertz CT molecular complexity index is 1060. The van der Waals surface area contributed by atoms with Crippen molar-refractivity contribution in [3.63, 3.8) is 0 Å². The maximum Gasteiger partial charge on any atom is 0.142 e. The van der Waals surface area contributed by atoms with Crippen LogP contribution in [0.25, 0.3) is 0 Å². The van der Waals surface area contributed by atoms with E-state index < -0.39 is 0 Å². The van der Waals surface area contributed by atoms with Gasteiger partial charge < -0.3 is 39.0 Å². The highest BCUT2D eigenvalue weighted by molar-refractivity contribution is 5.61. The molecule has 2 fully saturated rings. The van der Waals surface area contributed by atoms with Gasteiger partial charge in [0.2, 0.25) is 0 Å². The van der Waals surface area contributed by atoms with Crippen LogP contribution in [-0.2, 0) is 32.2 Å². The van der Waals surface area contributed by atoms with Crippen molar-refractivity contribution in [1.82, 2.24) is 5.32 Å². The van der Waals surface area contributed by atoms with Gasteiger partial charge in [0, 0.05) is 52.5 Å². The van der Waals surface area contributed by atoms with Crippen molar-refractivity contribution in [2.75, 3.05) is 64.6 Å². The summed E-state index contributed by atoms with van der Waals surface area (Å²) >= 11 is 0. The molecule has 5 rings (SSSR count). The fraction of sp³-hybridized carbons (Fsp3) is 0.636. The van der Waals surface area contributed by atoms with E-state index in [4.69, 9.17) is 23.7 Å². The van der Waals surface area contributed by atoms with E-state index in [1.165, 1.54) is 24.0 Å². The van der Waals surface area contributed by atoms with Gasteiger partial charge in [-0.15, -0.1) is 0 Å². The van der Waals surface area contributed by atoms with Crippen LogP contribution < -0.4 is 15.0 Å². The fourth-order valence-electron chi connectivity index (χ4n) is 5.71. The molecule has 2 aromatic carbocycles. The molecule has 2 N–H and O–H groups in total. The molecule has 226 valence electrons. The van der Waals surface area contributed by atoms with Crippen molar-refractivity contribution < 1.29 is 28.8 Å². The second-order valence-electron chi connectivity index (χ2n) is 11.8. The van der Waals surface area contributed by atoms with Crippen LogP contribution in [0.2, 0.25) is 0 Å². The van der Waals surface area contributed by atoms with Gasteiger partial charge in [0.05, 0.1) is 43.8 Å². The van der Waals surface area contributed by atoms with Gasteiger partial charge in [-0.1, -0.05) is 30.3 Å². The van der Waals surface area contributed by atoms with Crippen molar-refractivity contribution >= 4 is 5.69 Å². The molecular formula is C33H48N2O6. The number of nitrogens with one attached hydrogen (secondary N) is 1. The van der Waals surface area contributed by atoms with Gasteiger partial charge in [0.25, 0.3) is 0 Å². The zero-order chi connectivity index (χ0) is 28.4. The third-order valence-electron chi connectivity index (χ3n) is 8.27. The van der Waals surface area contributed by atoms with Gasteiger partial charge in [-0.05, 0) is 67.3 Å². The van der Waals surface area contributed by atoms with Gasteiger partial charge in [-0.2, -0.15) is 0 Å². The van der Waals surface area contributed by atoms with Crippen LogP contribution in [0.3, 0.4) is 0 Å². The van der Waals surface area contributed by atoms with E-state index in [1.807, 2.05) is 0 Å². The summed E-state index contributed by atoms with van der Waals surface area (Å²) in [6.45, 7) is 9.13. The van der Waals surface area contributed by atoms with Crippen LogP contribution in [0, 0.1) is 5.92 Å². The third kappa shape index (κ3) is 8.89. The van der Waals surface area contributed by atoms with E-state index >= 15 is 0 Å². The lowest BCUT2D eigenvalue weighted by Gasteiger charge is -2.39. The predicted molar refractivity (Wildman–Crippen MR) is 160 cm³/mol. The second kappa shape index (κ2) is 15.3. The van der Waals surface area contributed by atoms with Crippen LogP contribution in [0.5, 0.6) is 5.75 Å². The quantitative estimate of drug-likeness (QED) is 0.291. The summed E-state index contributed by atoms with van der Waals surface area (Å²) in [5.41, 5.74) is 4.67. The Morgan fingerprint density at radius 3 is 2.54 bits per heavy atom. The average molecular weight is 569 g/mol. The zero-order valence-electron chi connectivity index (χ0n) is 24.8. The highest BCUT2D eigenvalue weighted by atomic mass is 16.5. The first-order valence-electron chi connectivity index (χ1n) is 15.4. The van der Waals surface area contributed by atoms with Crippen LogP contribution in [0.15, 0.2) is 42.5 Å². The number of benzene rings is 2. The normalized spacial score (nSPS) is 23.2. The molecule has 0 amide bonds. The molecule has 2 aromatic rings. The van der Waals surface area contributed by atoms with Gasteiger partial charge in [0.15, 0.2) is 0 Å². The van der Waals surface area contributed by atoms with Crippen molar-refractivity contribution in [2.24, 2.45) is 5.92 Å². The third-order valence-corrected chi connectivity index (χ3v) is 8.27. The number of ether oxygens (including phenoxy) is 5. The molecule has 8 heteroatoms. The van der Waals surface area contributed by atoms with E-state index in [0.717, 1.165) is 68.7 Å². The Morgan fingerprint density at radius 1 is 1.00 bits per heavy atom. The van der Waals surface area contributed by atoms with E-state index in [2.05, 4.69) is 52.7 Å². The highest BCUT2D eigenvalue weighted by Gasteiger charge is 2.36. The van der Waals surface area contributed by atoms with Crippen molar-refractivity contribution in [3.05, 3.63) is 59.2 Å². The Labute approximate surface area is 245 Å². The number of aliphatic hydroxyl groups is 1. The number of aliphatic hydroxyl groups excluding tert-OH is 1. The molecule has 0 radical (unpaired) electrons. The molecule has 4 atom stereocenters. The summed E-state index contributed by atoms with van der Waals surface area (Å²) in [6, 6.07) is 15.2. The van der Waals surface area contributed by atoms with E-state index in [1.54, 1.807) is 14.0 Å². The molecule has 0 bridgehead atoms. The maximum absolute atomic E-state index is 9.78. The molecule has 3 aliphatic rings. The topological polar surface area (TPSA) is 81.7 Å².